The lowest BCUT2D eigenvalue weighted by Crippen LogP contribution is -2.08. The maximum Gasteiger partial charge on any atom is 0.229 e. The molecule has 0 saturated carbocycles. The van der Waals surface area contributed by atoms with Gasteiger partial charge in [0, 0.05) is 18.8 Å². The normalized spacial score (nSPS) is 10.3. The van der Waals surface area contributed by atoms with Gasteiger partial charge in [-0.2, -0.15) is 4.98 Å². The van der Waals surface area contributed by atoms with Gasteiger partial charge >= 0.3 is 0 Å². The van der Waals surface area contributed by atoms with Crippen LogP contribution in [0, 0.1) is 5.82 Å². The van der Waals surface area contributed by atoms with Crippen LogP contribution in [0.15, 0.2) is 54.7 Å². The summed E-state index contributed by atoms with van der Waals surface area (Å²) < 4.78 is 23.5. The van der Waals surface area contributed by atoms with Gasteiger partial charge in [0.1, 0.15) is 23.1 Å². The number of hydrogen-bond acceptors (Lipinski definition) is 6. The van der Waals surface area contributed by atoms with Gasteiger partial charge in [-0.3, -0.25) is 0 Å². The second-order valence-corrected chi connectivity index (χ2v) is 5.76. The molecule has 2 aromatic carbocycles. The molecule has 3 rings (SSSR count). The molecule has 0 aliphatic heterocycles. The van der Waals surface area contributed by atoms with E-state index in [1.807, 2.05) is 18.2 Å². The Morgan fingerprint density at radius 1 is 1.00 bits per heavy atom. The third-order valence-electron chi connectivity index (χ3n) is 3.94. The first kappa shape index (κ1) is 18.4. The first-order valence-corrected chi connectivity index (χ1v) is 8.48. The van der Waals surface area contributed by atoms with Crippen molar-refractivity contribution < 1.29 is 13.9 Å². The van der Waals surface area contributed by atoms with E-state index in [4.69, 9.17) is 9.47 Å². The Kier molecular flexibility index (Phi) is 6.04. The van der Waals surface area contributed by atoms with Gasteiger partial charge in [0.2, 0.25) is 5.95 Å². The summed E-state index contributed by atoms with van der Waals surface area (Å²) in [7, 11) is 3.20. The quantitative estimate of drug-likeness (QED) is 0.626. The van der Waals surface area contributed by atoms with E-state index in [0.717, 1.165) is 12.0 Å². The predicted octanol–water partition coefficient (Wildman–Crippen LogP) is 4.03. The van der Waals surface area contributed by atoms with Gasteiger partial charge in [0.15, 0.2) is 0 Å². The number of rotatable bonds is 8. The molecule has 1 heterocycles. The Hall–Kier alpha value is -3.35. The zero-order valence-corrected chi connectivity index (χ0v) is 15.2. The summed E-state index contributed by atoms with van der Waals surface area (Å²) in [5.74, 6) is 2.26. The molecule has 140 valence electrons. The fourth-order valence-electron chi connectivity index (χ4n) is 2.54. The number of ether oxygens (including phenoxy) is 2. The van der Waals surface area contributed by atoms with Crippen molar-refractivity contribution in [1.29, 1.82) is 0 Å². The Bertz CT molecular complexity index is 887. The molecule has 0 atom stereocenters. The predicted molar refractivity (Wildman–Crippen MR) is 103 cm³/mol. The van der Waals surface area contributed by atoms with Crippen molar-refractivity contribution in [1.82, 2.24) is 9.97 Å². The molecule has 0 amide bonds. The molecule has 0 aliphatic carbocycles. The molecular weight excluding hydrogens is 347 g/mol. The molecule has 0 radical (unpaired) electrons. The van der Waals surface area contributed by atoms with Gasteiger partial charge in [0.25, 0.3) is 0 Å². The molecule has 7 heteroatoms. The second kappa shape index (κ2) is 8.84. The van der Waals surface area contributed by atoms with E-state index in [9.17, 15) is 4.39 Å². The minimum Gasteiger partial charge on any atom is -0.497 e. The van der Waals surface area contributed by atoms with Crippen LogP contribution in [0.3, 0.4) is 0 Å². The van der Waals surface area contributed by atoms with Crippen molar-refractivity contribution in [2.45, 2.75) is 6.42 Å². The molecule has 6 nitrogen and oxygen atoms in total. The highest BCUT2D eigenvalue weighted by Gasteiger charge is 2.07. The standard InChI is InChI=1S/C20H21FN4O2/c1-26-16-7-8-18(27-2)17(13-16)24-20-23-12-10-19(25-20)22-11-9-14-3-5-15(21)6-4-14/h3-8,10,12-13H,9,11H2,1-2H3,(H2,22,23,24,25). The number of nitrogens with one attached hydrogen (secondary N) is 2. The number of aromatic nitrogens is 2. The summed E-state index contributed by atoms with van der Waals surface area (Å²) >= 11 is 0. The molecule has 3 aromatic rings. The Morgan fingerprint density at radius 2 is 1.81 bits per heavy atom. The van der Waals surface area contributed by atoms with Crippen LogP contribution >= 0.6 is 0 Å². The summed E-state index contributed by atoms with van der Waals surface area (Å²) in [6.07, 6.45) is 2.43. The van der Waals surface area contributed by atoms with E-state index >= 15 is 0 Å². The number of methoxy groups -OCH3 is 2. The van der Waals surface area contributed by atoms with E-state index in [1.165, 1.54) is 12.1 Å². The maximum atomic E-state index is 12.9. The Labute approximate surface area is 157 Å². The van der Waals surface area contributed by atoms with E-state index in [0.29, 0.717) is 35.5 Å². The van der Waals surface area contributed by atoms with Crippen LogP contribution in [0.2, 0.25) is 0 Å². The summed E-state index contributed by atoms with van der Waals surface area (Å²) in [4.78, 5) is 8.70. The van der Waals surface area contributed by atoms with Gasteiger partial charge in [0.05, 0.1) is 19.9 Å². The average molecular weight is 368 g/mol. The molecule has 0 fully saturated rings. The van der Waals surface area contributed by atoms with E-state index in [-0.39, 0.29) is 5.82 Å². The number of halogens is 1. The second-order valence-electron chi connectivity index (χ2n) is 5.76. The maximum absolute atomic E-state index is 12.9. The SMILES string of the molecule is COc1ccc(OC)c(Nc2nccc(NCCc3ccc(F)cc3)n2)c1. The lowest BCUT2D eigenvalue weighted by molar-refractivity contribution is 0.405. The van der Waals surface area contributed by atoms with Crippen LogP contribution in [0.1, 0.15) is 5.56 Å². The van der Waals surface area contributed by atoms with Crippen molar-refractivity contribution >= 4 is 17.5 Å². The third-order valence-corrected chi connectivity index (χ3v) is 3.94. The van der Waals surface area contributed by atoms with Crippen LogP contribution in [0.4, 0.5) is 21.8 Å². The average Bonchev–Trinajstić information content (AvgIpc) is 2.70. The van der Waals surface area contributed by atoms with Crippen LogP contribution in [0.25, 0.3) is 0 Å². The summed E-state index contributed by atoms with van der Waals surface area (Å²) in [5.41, 5.74) is 1.76. The first-order valence-electron chi connectivity index (χ1n) is 8.48. The van der Waals surface area contributed by atoms with Gasteiger partial charge in [-0.15, -0.1) is 0 Å². The summed E-state index contributed by atoms with van der Waals surface area (Å²) in [6, 6.07) is 13.7. The highest BCUT2D eigenvalue weighted by Crippen LogP contribution is 2.30. The van der Waals surface area contributed by atoms with Crippen LogP contribution in [-0.4, -0.2) is 30.7 Å². The Balaban J connectivity index is 1.64. The molecule has 0 aliphatic rings. The fourth-order valence-corrected chi connectivity index (χ4v) is 2.54. The van der Waals surface area contributed by atoms with Crippen molar-refractivity contribution in [3.05, 3.63) is 66.1 Å². The van der Waals surface area contributed by atoms with E-state index < -0.39 is 0 Å². The third kappa shape index (κ3) is 5.07. The van der Waals surface area contributed by atoms with Gasteiger partial charge in [-0.25, -0.2) is 9.37 Å². The molecular formula is C20H21FN4O2. The van der Waals surface area contributed by atoms with Crippen molar-refractivity contribution in [2.75, 3.05) is 31.4 Å². The zero-order chi connectivity index (χ0) is 19.1. The summed E-state index contributed by atoms with van der Waals surface area (Å²) in [6.45, 7) is 0.671. The van der Waals surface area contributed by atoms with Gasteiger partial charge in [-0.05, 0) is 42.3 Å². The van der Waals surface area contributed by atoms with Crippen molar-refractivity contribution in [3.8, 4) is 11.5 Å². The summed E-state index contributed by atoms with van der Waals surface area (Å²) in [5, 5.41) is 6.39. The molecule has 27 heavy (non-hydrogen) atoms. The van der Waals surface area contributed by atoms with E-state index in [1.54, 1.807) is 38.6 Å². The first-order chi connectivity index (χ1) is 13.2. The lowest BCUT2D eigenvalue weighted by atomic mass is 10.1. The minimum atomic E-state index is -0.230. The lowest BCUT2D eigenvalue weighted by Gasteiger charge is -2.12. The minimum absolute atomic E-state index is 0.230. The van der Waals surface area contributed by atoms with Crippen LogP contribution < -0.4 is 20.1 Å². The fraction of sp³-hybridized carbons (Fsp3) is 0.200. The topological polar surface area (TPSA) is 68.3 Å². The largest absolute Gasteiger partial charge is 0.497 e. The number of nitrogens with zero attached hydrogens (tertiary/aromatic N) is 2. The van der Waals surface area contributed by atoms with Crippen LogP contribution in [-0.2, 0) is 6.42 Å². The van der Waals surface area contributed by atoms with Crippen LogP contribution in [0.5, 0.6) is 11.5 Å². The molecule has 0 unspecified atom stereocenters. The molecule has 0 spiro atoms. The van der Waals surface area contributed by atoms with Gasteiger partial charge in [-0.1, -0.05) is 12.1 Å². The molecule has 1 aromatic heterocycles. The zero-order valence-electron chi connectivity index (χ0n) is 15.2. The molecule has 2 N–H and O–H groups in total. The highest BCUT2D eigenvalue weighted by atomic mass is 19.1. The molecule has 0 bridgehead atoms. The molecule has 0 saturated heterocycles. The number of anilines is 3. The van der Waals surface area contributed by atoms with Crippen molar-refractivity contribution in [2.24, 2.45) is 0 Å². The number of benzene rings is 2. The monoisotopic (exact) mass is 368 g/mol. The van der Waals surface area contributed by atoms with Crippen molar-refractivity contribution in [3.63, 3.8) is 0 Å². The smallest absolute Gasteiger partial charge is 0.229 e. The van der Waals surface area contributed by atoms with E-state index in [2.05, 4.69) is 20.6 Å². The Morgan fingerprint density at radius 3 is 2.56 bits per heavy atom. The number of hydrogen-bond donors (Lipinski definition) is 2. The van der Waals surface area contributed by atoms with Gasteiger partial charge < -0.3 is 20.1 Å². The highest BCUT2D eigenvalue weighted by molar-refractivity contribution is 5.65.